The maximum atomic E-state index is 12.5. The molecule has 0 spiro atoms. The fraction of sp³-hybridized carbons (Fsp3) is 0.519. The van der Waals surface area contributed by atoms with Crippen molar-refractivity contribution in [2.75, 3.05) is 31.1 Å². The van der Waals surface area contributed by atoms with Crippen molar-refractivity contribution in [3.8, 4) is 11.3 Å². The number of fused-ring (bicyclic) bond motifs is 3. The predicted molar refractivity (Wildman–Crippen MR) is 146 cm³/mol. The molecule has 6 rings (SSSR count). The van der Waals surface area contributed by atoms with E-state index in [0.29, 0.717) is 36.5 Å². The zero-order valence-corrected chi connectivity index (χ0v) is 22.9. The summed E-state index contributed by atoms with van der Waals surface area (Å²) in [5, 5.41) is 8.19. The van der Waals surface area contributed by atoms with E-state index in [-0.39, 0.29) is 6.09 Å². The van der Waals surface area contributed by atoms with Gasteiger partial charge in [0.1, 0.15) is 16.8 Å². The largest absolute Gasteiger partial charge is 0.444 e. The first kappa shape index (κ1) is 26.4. The Morgan fingerprint density at radius 3 is 2.41 bits per heavy atom. The van der Waals surface area contributed by atoms with E-state index in [4.69, 9.17) is 14.7 Å². The third-order valence-corrected chi connectivity index (χ3v) is 6.41. The van der Waals surface area contributed by atoms with E-state index in [0.717, 1.165) is 40.8 Å². The smallest absolute Gasteiger partial charge is 0.410 e. The van der Waals surface area contributed by atoms with Gasteiger partial charge in [-0.25, -0.2) is 14.8 Å². The van der Waals surface area contributed by atoms with Crippen LogP contribution in [-0.4, -0.2) is 72.9 Å². The van der Waals surface area contributed by atoms with Crippen LogP contribution >= 0.6 is 0 Å². The molecule has 3 aromatic heterocycles. The third kappa shape index (κ3) is 5.38. The van der Waals surface area contributed by atoms with Crippen molar-refractivity contribution < 1.29 is 9.53 Å². The van der Waals surface area contributed by atoms with Gasteiger partial charge in [-0.05, 0) is 26.8 Å². The third-order valence-electron chi connectivity index (χ3n) is 6.41. The fourth-order valence-electron chi connectivity index (χ4n) is 4.89. The lowest BCUT2D eigenvalue weighted by molar-refractivity contribution is 0.0282. The Labute approximate surface area is 217 Å². The quantitative estimate of drug-likeness (QED) is 0.381. The summed E-state index contributed by atoms with van der Waals surface area (Å²) in [6, 6.07) is 6.12. The van der Waals surface area contributed by atoms with Crippen molar-refractivity contribution in [2.45, 2.75) is 54.1 Å². The number of anilines is 1. The summed E-state index contributed by atoms with van der Waals surface area (Å²) < 4.78 is 5.56. The van der Waals surface area contributed by atoms with Gasteiger partial charge < -0.3 is 19.5 Å². The number of rotatable bonds is 2. The average molecular weight is 507 g/mol. The summed E-state index contributed by atoms with van der Waals surface area (Å²) in [4.78, 5) is 33.8. The Balaban J connectivity index is 0.000000765. The normalized spacial score (nSPS) is 18.8. The van der Waals surface area contributed by atoms with Gasteiger partial charge in [0.2, 0.25) is 5.95 Å². The second-order valence-corrected chi connectivity index (χ2v) is 9.96. The van der Waals surface area contributed by atoms with Gasteiger partial charge in [-0.2, -0.15) is 10.1 Å². The maximum Gasteiger partial charge on any atom is 0.410 e. The van der Waals surface area contributed by atoms with Crippen LogP contribution in [0.2, 0.25) is 0 Å². The number of nitrogens with one attached hydrogen (secondary N) is 2. The number of likely N-dealkylation sites (tertiary alicyclic amines) is 1. The lowest BCUT2D eigenvalue weighted by Crippen LogP contribution is -2.37. The molecule has 2 aliphatic rings. The summed E-state index contributed by atoms with van der Waals surface area (Å²) in [5.74, 6) is 1.43. The molecule has 1 amide bonds. The number of hydrogen-bond donors (Lipinski definition) is 2. The van der Waals surface area contributed by atoms with E-state index in [9.17, 15) is 4.79 Å². The maximum absolute atomic E-state index is 12.5. The number of imidazole rings is 1. The van der Waals surface area contributed by atoms with E-state index >= 15 is 0 Å². The van der Waals surface area contributed by atoms with Crippen LogP contribution < -0.4 is 4.90 Å². The first-order valence-electron chi connectivity index (χ1n) is 13.2. The van der Waals surface area contributed by atoms with Crippen molar-refractivity contribution in [2.24, 2.45) is 11.8 Å². The average Bonchev–Trinajstić information content (AvgIpc) is 3.67. The number of H-pyrrole nitrogens is 2. The van der Waals surface area contributed by atoms with Gasteiger partial charge in [0, 0.05) is 49.0 Å². The van der Waals surface area contributed by atoms with Gasteiger partial charge in [-0.15, -0.1) is 0 Å². The Hall–Kier alpha value is -3.69. The molecule has 198 valence electrons. The zero-order chi connectivity index (χ0) is 26.7. The number of aromatic nitrogens is 6. The van der Waals surface area contributed by atoms with Crippen LogP contribution in [0.5, 0.6) is 0 Å². The van der Waals surface area contributed by atoms with Crippen molar-refractivity contribution in [1.82, 2.24) is 35.0 Å². The van der Waals surface area contributed by atoms with Crippen LogP contribution in [-0.2, 0) is 4.74 Å². The van der Waals surface area contributed by atoms with Gasteiger partial charge in [-0.3, -0.25) is 5.10 Å². The Kier molecular flexibility index (Phi) is 7.65. The summed E-state index contributed by atoms with van der Waals surface area (Å²) >= 11 is 0. The molecule has 10 heteroatoms. The van der Waals surface area contributed by atoms with Crippen LogP contribution in [0, 0.1) is 11.8 Å². The molecule has 2 atom stereocenters. The molecule has 0 saturated carbocycles. The van der Waals surface area contributed by atoms with E-state index in [2.05, 4.69) is 25.1 Å². The molecule has 2 N–H and O–H groups in total. The van der Waals surface area contributed by atoms with Crippen LogP contribution in [0.3, 0.4) is 0 Å². The molecule has 2 aliphatic heterocycles. The molecule has 0 radical (unpaired) electrons. The molecule has 5 heterocycles. The Bertz CT molecular complexity index is 1340. The Morgan fingerprint density at radius 1 is 1.03 bits per heavy atom. The monoisotopic (exact) mass is 506 g/mol. The van der Waals surface area contributed by atoms with Crippen LogP contribution in [0.4, 0.5) is 10.7 Å². The number of aromatic amines is 2. The van der Waals surface area contributed by atoms with Crippen molar-refractivity contribution in [3.63, 3.8) is 0 Å². The molecule has 0 aliphatic carbocycles. The highest BCUT2D eigenvalue weighted by Crippen LogP contribution is 2.35. The summed E-state index contributed by atoms with van der Waals surface area (Å²) in [6.07, 6.45) is 3.23. The van der Waals surface area contributed by atoms with Crippen LogP contribution in [0.25, 0.3) is 33.3 Å². The lowest BCUT2D eigenvalue weighted by atomic mass is 10.0. The molecule has 2 saturated heterocycles. The number of carbonyl (C=O) groups is 1. The highest BCUT2D eigenvalue weighted by Gasteiger charge is 2.43. The standard InChI is InChI=1S/C23H26N8O2.2C2H6/c1-23(2,3)33-22(32)31-10-15-8-30(9-16(15)11-31)21-27-18(19-20(28-21)25-12-24-19)13-4-5-14-7-26-29-17(14)6-13;2*1-2/h4-7,12,15-16H,8-11H2,1-3H3,(H,26,29)(H,24,25,27,28);2*1-2H3. The number of ether oxygens (including phenoxy) is 1. The van der Waals surface area contributed by atoms with Gasteiger partial charge in [0.25, 0.3) is 0 Å². The first-order chi connectivity index (χ1) is 17.8. The van der Waals surface area contributed by atoms with Gasteiger partial charge in [0.15, 0.2) is 5.65 Å². The summed E-state index contributed by atoms with van der Waals surface area (Å²) in [5.41, 5.74) is 3.72. The summed E-state index contributed by atoms with van der Waals surface area (Å²) in [7, 11) is 0. The van der Waals surface area contributed by atoms with Crippen molar-refractivity contribution in [3.05, 3.63) is 30.7 Å². The van der Waals surface area contributed by atoms with Crippen molar-refractivity contribution >= 4 is 34.1 Å². The molecule has 37 heavy (non-hydrogen) atoms. The minimum absolute atomic E-state index is 0.228. The van der Waals surface area contributed by atoms with Crippen LogP contribution in [0.1, 0.15) is 48.5 Å². The minimum atomic E-state index is -0.483. The van der Waals surface area contributed by atoms with E-state index in [1.807, 2.05) is 71.6 Å². The molecule has 1 aromatic carbocycles. The highest BCUT2D eigenvalue weighted by molar-refractivity contribution is 5.91. The van der Waals surface area contributed by atoms with Gasteiger partial charge in [0.05, 0.1) is 18.0 Å². The van der Waals surface area contributed by atoms with E-state index < -0.39 is 5.60 Å². The molecule has 0 bridgehead atoms. The second kappa shape index (κ2) is 10.7. The SMILES string of the molecule is CC.CC.CC(C)(C)OC(=O)N1CC2CN(c3nc(-c4ccc5cn[nH]c5c4)c4[nH]cnc4n3)CC2C1. The molecule has 2 fully saturated rings. The number of carbonyl (C=O) groups excluding carboxylic acids is 1. The number of nitrogens with zero attached hydrogens (tertiary/aromatic N) is 6. The van der Waals surface area contributed by atoms with Gasteiger partial charge >= 0.3 is 6.09 Å². The van der Waals surface area contributed by atoms with Crippen molar-refractivity contribution in [1.29, 1.82) is 0 Å². The lowest BCUT2D eigenvalue weighted by Gasteiger charge is -2.26. The van der Waals surface area contributed by atoms with E-state index in [1.165, 1.54) is 0 Å². The Morgan fingerprint density at radius 2 is 1.73 bits per heavy atom. The summed E-state index contributed by atoms with van der Waals surface area (Å²) in [6.45, 7) is 16.7. The van der Waals surface area contributed by atoms with Crippen LogP contribution in [0.15, 0.2) is 30.7 Å². The first-order valence-corrected chi connectivity index (χ1v) is 13.2. The number of amides is 1. The predicted octanol–water partition coefficient (Wildman–Crippen LogP) is 5.25. The van der Waals surface area contributed by atoms with Gasteiger partial charge in [-0.1, -0.05) is 39.8 Å². The van der Waals surface area contributed by atoms with E-state index in [1.54, 1.807) is 12.5 Å². The molecule has 4 aromatic rings. The molecule has 2 unspecified atom stereocenters. The minimum Gasteiger partial charge on any atom is -0.444 e. The zero-order valence-electron chi connectivity index (χ0n) is 22.9. The number of benzene rings is 1. The number of hydrogen-bond acceptors (Lipinski definition) is 7. The fourth-order valence-corrected chi connectivity index (χ4v) is 4.89. The molecular formula is C27H38N8O2. The second-order valence-electron chi connectivity index (χ2n) is 9.96. The highest BCUT2D eigenvalue weighted by atomic mass is 16.6. The molecule has 10 nitrogen and oxygen atoms in total. The molecular weight excluding hydrogens is 468 g/mol. The topological polar surface area (TPSA) is 116 Å².